The molecule has 0 atom stereocenters. The minimum Gasteiger partial charge on any atom is -0.456 e. The van der Waals surface area contributed by atoms with Crippen LogP contribution in [0.2, 0.25) is 0 Å². The van der Waals surface area contributed by atoms with Crippen LogP contribution >= 0.6 is 0 Å². The molecule has 4 aromatic rings. The smallest absolute Gasteiger partial charge is 0.266 e. The molecule has 0 unspecified atom stereocenters. The molecule has 0 aliphatic carbocycles. The third-order valence-electron chi connectivity index (χ3n) is 4.47. The second-order valence-electron chi connectivity index (χ2n) is 5.91. The van der Waals surface area contributed by atoms with Crippen LogP contribution in [0.15, 0.2) is 65.1 Å². The molecule has 0 saturated heterocycles. The largest absolute Gasteiger partial charge is 0.456 e. The van der Waals surface area contributed by atoms with E-state index in [1.807, 2.05) is 30.3 Å². The number of para-hydroxylation sites is 1. The van der Waals surface area contributed by atoms with Crippen molar-refractivity contribution in [1.82, 2.24) is 0 Å². The fourth-order valence-electron chi connectivity index (χ4n) is 3.30. The molecule has 0 fully saturated rings. The van der Waals surface area contributed by atoms with E-state index < -0.39 is 17.6 Å². The van der Waals surface area contributed by atoms with Crippen molar-refractivity contribution in [3.63, 3.8) is 0 Å². The van der Waals surface area contributed by atoms with E-state index in [4.69, 9.17) is 4.42 Å². The number of nitrogens with zero attached hydrogens (tertiary/aromatic N) is 1. The predicted molar refractivity (Wildman–Crippen MR) is 91.3 cm³/mol. The van der Waals surface area contributed by atoms with Crippen LogP contribution in [0.25, 0.3) is 21.9 Å². The Morgan fingerprint density at radius 1 is 0.760 bits per heavy atom. The van der Waals surface area contributed by atoms with Gasteiger partial charge in [0.1, 0.15) is 17.0 Å². The third-order valence-corrected chi connectivity index (χ3v) is 4.47. The molecule has 2 heterocycles. The number of imide groups is 1. The highest BCUT2D eigenvalue weighted by atomic mass is 19.1. The van der Waals surface area contributed by atoms with Gasteiger partial charge >= 0.3 is 0 Å². The summed E-state index contributed by atoms with van der Waals surface area (Å²) in [5, 5.41) is 1.87. The number of carbonyl (C=O) groups excluding carboxylic acids is 2. The molecule has 1 aliphatic rings. The zero-order valence-corrected chi connectivity index (χ0v) is 12.8. The summed E-state index contributed by atoms with van der Waals surface area (Å²) in [6.45, 7) is 0. The van der Waals surface area contributed by atoms with Crippen LogP contribution in [-0.2, 0) is 0 Å². The van der Waals surface area contributed by atoms with Crippen LogP contribution in [0.4, 0.5) is 10.1 Å². The molecule has 3 aromatic carbocycles. The molecule has 0 bridgehead atoms. The van der Waals surface area contributed by atoms with Gasteiger partial charge in [-0.3, -0.25) is 9.59 Å². The number of halogens is 1. The zero-order chi connectivity index (χ0) is 17.1. The highest BCUT2D eigenvalue weighted by Crippen LogP contribution is 2.34. The highest BCUT2D eigenvalue weighted by molar-refractivity contribution is 6.34. The quantitative estimate of drug-likeness (QED) is 0.482. The summed E-state index contributed by atoms with van der Waals surface area (Å²) in [6, 6.07) is 16.4. The molecule has 4 nitrogen and oxygen atoms in total. The predicted octanol–water partition coefficient (Wildman–Crippen LogP) is 4.53. The van der Waals surface area contributed by atoms with E-state index in [9.17, 15) is 14.0 Å². The number of hydrogen-bond acceptors (Lipinski definition) is 3. The Kier molecular flexibility index (Phi) is 2.65. The molecule has 0 N–H and O–H groups in total. The van der Waals surface area contributed by atoms with E-state index in [1.54, 1.807) is 12.1 Å². The van der Waals surface area contributed by atoms with Crippen molar-refractivity contribution in [2.24, 2.45) is 0 Å². The van der Waals surface area contributed by atoms with Crippen LogP contribution in [0.3, 0.4) is 0 Å². The first-order valence-electron chi connectivity index (χ1n) is 7.73. The first-order chi connectivity index (χ1) is 12.1. The Hall–Kier alpha value is -3.47. The third kappa shape index (κ3) is 1.86. The second-order valence-corrected chi connectivity index (χ2v) is 5.91. The Morgan fingerprint density at radius 2 is 1.52 bits per heavy atom. The number of amides is 2. The minimum atomic E-state index is -0.547. The van der Waals surface area contributed by atoms with Crippen LogP contribution in [0.5, 0.6) is 0 Å². The molecule has 25 heavy (non-hydrogen) atoms. The monoisotopic (exact) mass is 331 g/mol. The van der Waals surface area contributed by atoms with Gasteiger partial charge in [0, 0.05) is 16.8 Å². The summed E-state index contributed by atoms with van der Waals surface area (Å²) in [5.41, 5.74) is 2.00. The summed E-state index contributed by atoms with van der Waals surface area (Å²) in [5.74, 6) is -1.54. The molecule has 1 aromatic heterocycles. The van der Waals surface area contributed by atoms with Gasteiger partial charge in [-0.2, -0.15) is 0 Å². The summed E-state index contributed by atoms with van der Waals surface area (Å²) >= 11 is 0. The van der Waals surface area contributed by atoms with Crippen molar-refractivity contribution in [3.8, 4) is 0 Å². The minimum absolute atomic E-state index is 0.0784. The average molecular weight is 331 g/mol. The first kappa shape index (κ1) is 13.9. The van der Waals surface area contributed by atoms with Crippen LogP contribution < -0.4 is 4.90 Å². The van der Waals surface area contributed by atoms with Crippen molar-refractivity contribution >= 4 is 39.4 Å². The molecule has 0 spiro atoms. The van der Waals surface area contributed by atoms with Crippen molar-refractivity contribution in [2.75, 3.05) is 4.90 Å². The zero-order valence-electron chi connectivity index (χ0n) is 12.8. The number of fused-ring (bicyclic) bond motifs is 4. The Balaban J connectivity index is 1.67. The molecule has 5 rings (SSSR count). The Labute approximate surface area is 141 Å². The SMILES string of the molecule is O=C1c2ccc(F)cc2C(=O)N1c1ccc2c(c1)oc1ccccc12. The molecule has 2 amide bonds. The fourth-order valence-corrected chi connectivity index (χ4v) is 3.30. The van der Waals surface area contributed by atoms with Crippen molar-refractivity contribution in [2.45, 2.75) is 0 Å². The normalized spacial score (nSPS) is 13.9. The summed E-state index contributed by atoms with van der Waals surface area (Å²) < 4.78 is 19.2. The van der Waals surface area contributed by atoms with Crippen LogP contribution in [-0.4, -0.2) is 11.8 Å². The summed E-state index contributed by atoms with van der Waals surface area (Å²) in [6.07, 6.45) is 0. The maximum atomic E-state index is 13.4. The van der Waals surface area contributed by atoms with Crippen molar-refractivity contribution in [1.29, 1.82) is 0 Å². The molecule has 120 valence electrons. The number of hydrogen-bond donors (Lipinski definition) is 0. The Bertz CT molecular complexity index is 1210. The molecular weight excluding hydrogens is 321 g/mol. The van der Waals surface area contributed by atoms with Gasteiger partial charge < -0.3 is 4.42 Å². The number of carbonyl (C=O) groups is 2. The van der Waals surface area contributed by atoms with Crippen LogP contribution in [0.1, 0.15) is 20.7 Å². The molecule has 0 saturated carbocycles. The standard InChI is InChI=1S/C20H10FNO3/c21-11-5-7-15-16(9-11)20(24)22(19(15)23)12-6-8-14-13-3-1-2-4-17(13)25-18(14)10-12/h1-10H. The van der Waals surface area contributed by atoms with Crippen molar-refractivity contribution in [3.05, 3.63) is 77.6 Å². The number of rotatable bonds is 1. The van der Waals surface area contributed by atoms with E-state index in [1.165, 1.54) is 12.1 Å². The number of furan rings is 1. The first-order valence-corrected chi connectivity index (χ1v) is 7.73. The van der Waals surface area contributed by atoms with E-state index >= 15 is 0 Å². The molecular formula is C20H10FNO3. The second kappa shape index (κ2) is 4.77. The maximum Gasteiger partial charge on any atom is 0.266 e. The lowest BCUT2D eigenvalue weighted by Gasteiger charge is -2.13. The lowest BCUT2D eigenvalue weighted by Crippen LogP contribution is -2.29. The Morgan fingerprint density at radius 3 is 2.40 bits per heavy atom. The lowest BCUT2D eigenvalue weighted by molar-refractivity contribution is 0.0926. The van der Waals surface area contributed by atoms with Crippen molar-refractivity contribution < 1.29 is 18.4 Å². The van der Waals surface area contributed by atoms with Gasteiger partial charge in [-0.1, -0.05) is 18.2 Å². The van der Waals surface area contributed by atoms with Crippen LogP contribution in [0, 0.1) is 5.82 Å². The molecule has 1 aliphatic heterocycles. The summed E-state index contributed by atoms with van der Waals surface area (Å²) in [7, 11) is 0. The fraction of sp³-hybridized carbons (Fsp3) is 0. The van der Waals surface area contributed by atoms with Gasteiger partial charge in [0.05, 0.1) is 16.8 Å². The van der Waals surface area contributed by atoms with Gasteiger partial charge in [-0.05, 0) is 36.4 Å². The van der Waals surface area contributed by atoms with E-state index in [-0.39, 0.29) is 11.1 Å². The molecule has 0 radical (unpaired) electrons. The van der Waals surface area contributed by atoms with E-state index in [2.05, 4.69) is 0 Å². The van der Waals surface area contributed by atoms with E-state index in [0.717, 1.165) is 27.3 Å². The maximum absolute atomic E-state index is 13.4. The molecule has 5 heteroatoms. The topological polar surface area (TPSA) is 50.5 Å². The van der Waals surface area contributed by atoms with E-state index in [0.29, 0.717) is 11.3 Å². The number of benzene rings is 3. The lowest BCUT2D eigenvalue weighted by atomic mass is 10.1. The summed E-state index contributed by atoms with van der Waals surface area (Å²) in [4.78, 5) is 26.2. The number of anilines is 1. The average Bonchev–Trinajstić information content (AvgIpc) is 3.10. The van der Waals surface area contributed by atoms with Gasteiger partial charge in [-0.25, -0.2) is 9.29 Å². The highest BCUT2D eigenvalue weighted by Gasteiger charge is 2.37. The van der Waals surface area contributed by atoms with Gasteiger partial charge in [-0.15, -0.1) is 0 Å². The van der Waals surface area contributed by atoms with Gasteiger partial charge in [0.15, 0.2) is 0 Å². The van der Waals surface area contributed by atoms with Gasteiger partial charge in [0.2, 0.25) is 0 Å². The van der Waals surface area contributed by atoms with Gasteiger partial charge in [0.25, 0.3) is 11.8 Å².